The molecule has 1 aromatic rings. The summed E-state index contributed by atoms with van der Waals surface area (Å²) in [4.78, 5) is 0.542. The first-order valence-corrected chi connectivity index (χ1v) is 5.84. The van der Waals surface area contributed by atoms with Crippen LogP contribution in [0.4, 0.5) is 4.39 Å². The lowest BCUT2D eigenvalue weighted by Crippen LogP contribution is -2.34. The molecular weight excluding hydrogens is 213 g/mol. The minimum absolute atomic E-state index is 0.0337. The second-order valence-electron chi connectivity index (χ2n) is 3.34. The highest BCUT2D eigenvalue weighted by atomic mass is 32.2. The number of rotatable bonds is 5. The second-order valence-corrected chi connectivity index (χ2v) is 4.62. The van der Waals surface area contributed by atoms with E-state index in [2.05, 4.69) is 0 Å². The predicted octanol–water partition coefficient (Wildman–Crippen LogP) is 2.02. The van der Waals surface area contributed by atoms with E-state index in [0.717, 1.165) is 6.42 Å². The van der Waals surface area contributed by atoms with Gasteiger partial charge in [-0.25, -0.2) is 4.39 Å². The van der Waals surface area contributed by atoms with Crippen molar-refractivity contribution in [1.82, 2.24) is 0 Å². The summed E-state index contributed by atoms with van der Waals surface area (Å²) in [5.41, 5.74) is 5.82. The Morgan fingerprint density at radius 2 is 2.13 bits per heavy atom. The van der Waals surface area contributed by atoms with Crippen LogP contribution in [0.1, 0.15) is 13.3 Å². The number of thioether (sulfide) groups is 1. The molecule has 0 aromatic heterocycles. The highest BCUT2D eigenvalue weighted by Gasteiger charge is 2.17. The molecule has 0 amide bonds. The molecule has 4 heteroatoms. The molecule has 1 rings (SSSR count). The van der Waals surface area contributed by atoms with Gasteiger partial charge >= 0.3 is 0 Å². The molecule has 0 aliphatic rings. The molecule has 0 aliphatic carbocycles. The third kappa shape index (κ3) is 3.48. The van der Waals surface area contributed by atoms with Crippen molar-refractivity contribution < 1.29 is 9.50 Å². The highest BCUT2D eigenvalue weighted by Crippen LogP contribution is 2.27. The summed E-state index contributed by atoms with van der Waals surface area (Å²) >= 11 is 1.30. The molecule has 0 radical (unpaired) electrons. The van der Waals surface area contributed by atoms with Crippen LogP contribution >= 0.6 is 11.8 Å². The summed E-state index contributed by atoms with van der Waals surface area (Å²) in [5.74, 6) is -0.260. The van der Waals surface area contributed by atoms with Crippen LogP contribution in [-0.2, 0) is 0 Å². The maximum atomic E-state index is 13.3. The van der Waals surface area contributed by atoms with Crippen molar-refractivity contribution in [2.24, 2.45) is 5.73 Å². The van der Waals surface area contributed by atoms with E-state index in [0.29, 0.717) is 4.90 Å². The zero-order valence-corrected chi connectivity index (χ0v) is 9.51. The van der Waals surface area contributed by atoms with Gasteiger partial charge in [0.05, 0.1) is 6.61 Å². The first-order valence-electron chi connectivity index (χ1n) is 4.96. The van der Waals surface area contributed by atoms with Gasteiger partial charge in [0.25, 0.3) is 0 Å². The zero-order valence-electron chi connectivity index (χ0n) is 8.69. The van der Waals surface area contributed by atoms with Gasteiger partial charge in [-0.15, -0.1) is 11.8 Å². The van der Waals surface area contributed by atoms with Crippen molar-refractivity contribution in [3.63, 3.8) is 0 Å². The molecule has 2 atom stereocenters. The Morgan fingerprint density at radius 3 is 2.67 bits per heavy atom. The minimum atomic E-state index is -0.260. The zero-order chi connectivity index (χ0) is 11.3. The summed E-state index contributed by atoms with van der Waals surface area (Å²) in [7, 11) is 0. The molecule has 1 aromatic carbocycles. The fraction of sp³-hybridized carbons (Fsp3) is 0.455. The van der Waals surface area contributed by atoms with Gasteiger partial charge in [-0.3, -0.25) is 0 Å². The number of benzene rings is 1. The van der Waals surface area contributed by atoms with Crippen LogP contribution in [0.3, 0.4) is 0 Å². The van der Waals surface area contributed by atoms with Gasteiger partial charge in [0.15, 0.2) is 0 Å². The molecule has 0 spiro atoms. The number of hydrogen-bond donors (Lipinski definition) is 2. The van der Waals surface area contributed by atoms with Gasteiger partial charge in [-0.2, -0.15) is 0 Å². The van der Waals surface area contributed by atoms with Crippen molar-refractivity contribution in [3.8, 4) is 0 Å². The lowest BCUT2D eigenvalue weighted by molar-refractivity contribution is 0.281. The molecule has 0 bridgehead atoms. The molecule has 84 valence electrons. The Balaban J connectivity index is 2.71. The molecular formula is C11H16FNOS. The highest BCUT2D eigenvalue weighted by molar-refractivity contribution is 8.00. The number of hydrogen-bond acceptors (Lipinski definition) is 3. The van der Waals surface area contributed by atoms with E-state index in [1.54, 1.807) is 18.2 Å². The number of aliphatic hydroxyl groups is 1. The minimum Gasteiger partial charge on any atom is -0.395 e. The van der Waals surface area contributed by atoms with E-state index in [4.69, 9.17) is 10.8 Å². The van der Waals surface area contributed by atoms with E-state index in [1.807, 2.05) is 6.92 Å². The smallest absolute Gasteiger partial charge is 0.136 e. The average Bonchev–Trinajstić information content (AvgIpc) is 2.27. The lowest BCUT2D eigenvalue weighted by atomic mass is 10.2. The topological polar surface area (TPSA) is 46.2 Å². The van der Waals surface area contributed by atoms with E-state index < -0.39 is 0 Å². The summed E-state index contributed by atoms with van der Waals surface area (Å²) in [6.07, 6.45) is 0.771. The number of nitrogens with two attached hydrogens (primary N) is 1. The van der Waals surface area contributed by atoms with Gasteiger partial charge in [-0.05, 0) is 18.6 Å². The molecule has 3 N–H and O–H groups in total. The maximum absolute atomic E-state index is 13.3. The van der Waals surface area contributed by atoms with Crippen molar-refractivity contribution in [3.05, 3.63) is 30.1 Å². The van der Waals surface area contributed by atoms with Crippen molar-refractivity contribution in [1.29, 1.82) is 0 Å². The van der Waals surface area contributed by atoms with Gasteiger partial charge in [-0.1, -0.05) is 19.1 Å². The predicted molar refractivity (Wildman–Crippen MR) is 61.4 cm³/mol. The van der Waals surface area contributed by atoms with E-state index in [1.165, 1.54) is 17.8 Å². The van der Waals surface area contributed by atoms with Crippen LogP contribution in [0.2, 0.25) is 0 Å². The van der Waals surface area contributed by atoms with E-state index >= 15 is 0 Å². The monoisotopic (exact) mass is 229 g/mol. The van der Waals surface area contributed by atoms with Crippen LogP contribution in [-0.4, -0.2) is 23.0 Å². The first-order chi connectivity index (χ1) is 7.19. The van der Waals surface area contributed by atoms with Crippen LogP contribution < -0.4 is 5.73 Å². The third-order valence-corrected chi connectivity index (χ3v) is 3.63. The van der Waals surface area contributed by atoms with Gasteiger partial charge in [0, 0.05) is 16.2 Å². The Bertz CT molecular complexity index is 308. The molecule has 0 saturated heterocycles. The molecule has 2 unspecified atom stereocenters. The fourth-order valence-electron chi connectivity index (χ4n) is 1.23. The van der Waals surface area contributed by atoms with Crippen molar-refractivity contribution >= 4 is 11.8 Å². The summed E-state index contributed by atoms with van der Waals surface area (Å²) in [6.45, 7) is 1.92. The number of halogens is 1. The van der Waals surface area contributed by atoms with E-state index in [-0.39, 0.29) is 23.7 Å². The van der Waals surface area contributed by atoms with E-state index in [9.17, 15) is 4.39 Å². The average molecular weight is 229 g/mol. The standard InChI is InChI=1S/C11H16FNOS/c1-2-9(13)11(7-14)15-10-6-4-3-5-8(10)12/h3-6,9,11,14H,2,7,13H2,1H3. The summed E-state index contributed by atoms with van der Waals surface area (Å²) in [5, 5.41) is 9.01. The molecule has 0 heterocycles. The second kappa shape index (κ2) is 6.10. The SMILES string of the molecule is CCC(N)C(CO)Sc1ccccc1F. The van der Waals surface area contributed by atoms with Crippen LogP contribution in [0.25, 0.3) is 0 Å². The summed E-state index contributed by atoms with van der Waals surface area (Å²) in [6, 6.07) is 6.42. The van der Waals surface area contributed by atoms with Gasteiger partial charge < -0.3 is 10.8 Å². The third-order valence-electron chi connectivity index (χ3n) is 2.24. The Hall–Kier alpha value is -0.580. The fourth-order valence-corrected chi connectivity index (χ4v) is 2.33. The van der Waals surface area contributed by atoms with Gasteiger partial charge in [0.2, 0.25) is 0 Å². The van der Waals surface area contributed by atoms with Crippen LogP contribution in [0.15, 0.2) is 29.2 Å². The molecule has 0 aliphatic heterocycles. The molecule has 0 fully saturated rings. The number of aliphatic hydroxyl groups excluding tert-OH is 1. The van der Waals surface area contributed by atoms with Crippen LogP contribution in [0, 0.1) is 5.82 Å². The quantitative estimate of drug-likeness (QED) is 0.759. The van der Waals surface area contributed by atoms with Crippen LogP contribution in [0.5, 0.6) is 0 Å². The lowest BCUT2D eigenvalue weighted by Gasteiger charge is -2.20. The largest absolute Gasteiger partial charge is 0.395 e. The van der Waals surface area contributed by atoms with Crippen molar-refractivity contribution in [2.45, 2.75) is 29.5 Å². The molecule has 15 heavy (non-hydrogen) atoms. The maximum Gasteiger partial charge on any atom is 0.136 e. The normalized spacial score (nSPS) is 14.9. The summed E-state index contributed by atoms with van der Waals surface area (Å²) < 4.78 is 13.3. The Morgan fingerprint density at radius 1 is 1.47 bits per heavy atom. The molecule has 0 saturated carbocycles. The first kappa shape index (κ1) is 12.5. The van der Waals surface area contributed by atoms with Gasteiger partial charge in [0.1, 0.15) is 5.82 Å². The Kier molecular flexibility index (Phi) is 5.08. The Labute approximate surface area is 93.7 Å². The molecule has 2 nitrogen and oxygen atoms in total. The van der Waals surface area contributed by atoms with Crippen molar-refractivity contribution in [2.75, 3.05) is 6.61 Å².